The summed E-state index contributed by atoms with van der Waals surface area (Å²) < 4.78 is 30.4. The molecule has 0 heterocycles. The van der Waals surface area contributed by atoms with Crippen LogP contribution in [0, 0.1) is 0 Å². The summed E-state index contributed by atoms with van der Waals surface area (Å²) in [4.78, 5) is 0. The Labute approximate surface area is 134 Å². The fourth-order valence-corrected chi connectivity index (χ4v) is 5.72. The van der Waals surface area contributed by atoms with Gasteiger partial charge in [-0.1, -0.05) is 0 Å². The van der Waals surface area contributed by atoms with Crippen molar-refractivity contribution in [3.8, 4) is 0 Å². The van der Waals surface area contributed by atoms with Crippen molar-refractivity contribution in [2.45, 2.75) is 18.0 Å². The van der Waals surface area contributed by atoms with Gasteiger partial charge in [-0.05, 0) is 6.92 Å². The van der Waals surface area contributed by atoms with Crippen molar-refractivity contribution in [3.05, 3.63) is 0 Å². The van der Waals surface area contributed by atoms with Gasteiger partial charge in [0.1, 0.15) is 5.00 Å². The van der Waals surface area contributed by atoms with E-state index >= 15 is 0 Å². The second-order valence-electron chi connectivity index (χ2n) is 3.57. The molecule has 124 valence electrons. The van der Waals surface area contributed by atoms with Crippen molar-refractivity contribution in [1.82, 2.24) is 0 Å². The summed E-state index contributed by atoms with van der Waals surface area (Å²) in [5.41, 5.74) is 0. The van der Waals surface area contributed by atoms with Crippen LogP contribution in [0.4, 0.5) is 0 Å². The van der Waals surface area contributed by atoms with Crippen molar-refractivity contribution in [1.29, 1.82) is 0 Å². The van der Waals surface area contributed by atoms with Crippen LogP contribution in [-0.2, 0) is 26.6 Å². The van der Waals surface area contributed by atoms with Crippen LogP contribution in [0.25, 0.3) is 0 Å². The van der Waals surface area contributed by atoms with E-state index in [1.165, 1.54) is 21.3 Å². The Morgan fingerprint density at radius 2 is 1.15 bits per heavy atom. The monoisotopic (exact) mass is 368 g/mol. The van der Waals surface area contributed by atoms with E-state index in [0.717, 1.165) is 0 Å². The van der Waals surface area contributed by atoms with Crippen LogP contribution in [0.2, 0.25) is 6.04 Å². The van der Waals surface area contributed by atoms with Gasteiger partial charge in [0, 0.05) is 54.6 Å². The molecule has 20 heavy (non-hydrogen) atoms. The zero-order chi connectivity index (χ0) is 16.2. The predicted molar refractivity (Wildman–Crippen MR) is 84.4 cm³/mol. The zero-order valence-corrected chi connectivity index (χ0v) is 16.7. The van der Waals surface area contributed by atoms with Crippen LogP contribution < -0.4 is 0 Å². The second kappa shape index (κ2) is 12.3. The maximum atomic E-state index is 5.79. The first-order chi connectivity index (χ1) is 9.37. The lowest BCUT2D eigenvalue weighted by atomic mass is 11.0. The summed E-state index contributed by atoms with van der Waals surface area (Å²) >= 11 is 11.3. The van der Waals surface area contributed by atoms with Crippen molar-refractivity contribution in [2.24, 2.45) is 0 Å². The highest BCUT2D eigenvalue weighted by Gasteiger charge is 2.43. The highest BCUT2D eigenvalue weighted by atomic mass is 35.5. The van der Waals surface area contributed by atoms with Crippen LogP contribution in [0.1, 0.15) is 6.92 Å². The molecule has 10 heteroatoms. The number of hydrogen-bond acceptors (Lipinski definition) is 6. The summed E-state index contributed by atoms with van der Waals surface area (Å²) in [6, 6.07) is 0.651. The molecule has 0 aliphatic rings. The lowest BCUT2D eigenvalue weighted by Gasteiger charge is -2.26. The third-order valence-electron chi connectivity index (χ3n) is 2.67. The van der Waals surface area contributed by atoms with Gasteiger partial charge >= 0.3 is 17.6 Å². The van der Waals surface area contributed by atoms with Crippen LogP contribution in [0.5, 0.6) is 0 Å². The molecule has 0 amide bonds. The second-order valence-corrected chi connectivity index (χ2v) is 11.4. The summed E-state index contributed by atoms with van der Waals surface area (Å²) in [6.45, 7) is 1.80. The Hall–Kier alpha value is 0.774. The Morgan fingerprint density at radius 1 is 0.800 bits per heavy atom. The lowest BCUT2D eigenvalue weighted by Crippen LogP contribution is -2.50. The third-order valence-corrected chi connectivity index (χ3v) is 9.39. The average molecular weight is 369 g/mol. The quantitative estimate of drug-likeness (QED) is 0.459. The Kier molecular flexibility index (Phi) is 14.2. The molecule has 0 radical (unpaired) electrons. The molecular formula is C10H26Cl2O6Si2. The van der Waals surface area contributed by atoms with E-state index in [1.807, 2.05) is 0 Å². The molecule has 6 nitrogen and oxygen atoms in total. The van der Waals surface area contributed by atoms with Gasteiger partial charge in [-0.2, -0.15) is 0 Å². The van der Waals surface area contributed by atoms with Crippen molar-refractivity contribution >= 4 is 40.8 Å². The maximum Gasteiger partial charge on any atom is 0.518 e. The van der Waals surface area contributed by atoms with Crippen LogP contribution in [-0.4, -0.2) is 71.1 Å². The van der Waals surface area contributed by atoms with Gasteiger partial charge in [0.05, 0.1) is 0 Å². The first-order valence-electron chi connectivity index (χ1n) is 5.88. The topological polar surface area (TPSA) is 55.4 Å². The number of rotatable bonds is 9. The van der Waals surface area contributed by atoms with Crippen molar-refractivity contribution < 1.29 is 26.6 Å². The Morgan fingerprint density at radius 3 is 1.20 bits per heavy atom. The molecule has 1 atom stereocenters. The van der Waals surface area contributed by atoms with E-state index in [4.69, 9.17) is 49.8 Å². The van der Waals surface area contributed by atoms with E-state index in [9.17, 15) is 0 Å². The van der Waals surface area contributed by atoms with Gasteiger partial charge in [0.25, 0.3) is 0 Å². The fraction of sp³-hybridized carbons (Fsp3) is 1.00. The zero-order valence-electron chi connectivity index (χ0n) is 13.2. The Bertz CT molecular complexity index is 211. The molecule has 0 aliphatic heterocycles. The van der Waals surface area contributed by atoms with Gasteiger partial charge in [0.15, 0.2) is 0 Å². The van der Waals surface area contributed by atoms with Gasteiger partial charge in [0.2, 0.25) is 0 Å². The molecule has 0 saturated heterocycles. The maximum absolute atomic E-state index is 5.79. The standard InChI is InChI=1S/2C5H13ClO3Si/c1-7-10(8-2,9-3)5-4-6;1-5(6)10(7-2,8-3)9-4/h4-5H2,1-3H3;5H,1-4H3. The number of alkyl halides is 2. The molecule has 0 aromatic carbocycles. The first-order valence-corrected chi connectivity index (χ1v) is 10.6. The summed E-state index contributed by atoms with van der Waals surface area (Å²) in [7, 11) is 4.47. The minimum absolute atomic E-state index is 0.215. The molecular weight excluding hydrogens is 343 g/mol. The van der Waals surface area contributed by atoms with E-state index < -0.39 is 17.6 Å². The largest absolute Gasteiger partial charge is 0.518 e. The summed E-state index contributed by atoms with van der Waals surface area (Å²) in [6.07, 6.45) is 0. The van der Waals surface area contributed by atoms with Crippen molar-refractivity contribution in [3.63, 3.8) is 0 Å². The Balaban J connectivity index is 0. The third kappa shape index (κ3) is 7.16. The molecule has 0 N–H and O–H groups in total. The minimum Gasteiger partial charge on any atom is -0.377 e. The highest BCUT2D eigenvalue weighted by Crippen LogP contribution is 2.16. The highest BCUT2D eigenvalue weighted by molar-refractivity contribution is 6.71. The fourth-order valence-electron chi connectivity index (χ4n) is 1.41. The van der Waals surface area contributed by atoms with Crippen LogP contribution >= 0.6 is 23.2 Å². The van der Waals surface area contributed by atoms with Gasteiger partial charge in [-0.3, -0.25) is 0 Å². The van der Waals surface area contributed by atoms with Gasteiger partial charge < -0.3 is 26.6 Å². The van der Waals surface area contributed by atoms with Crippen molar-refractivity contribution in [2.75, 3.05) is 48.5 Å². The smallest absolute Gasteiger partial charge is 0.377 e. The molecule has 0 rings (SSSR count). The summed E-state index contributed by atoms with van der Waals surface area (Å²) in [5, 5.41) is -0.215. The van der Waals surface area contributed by atoms with Gasteiger partial charge in [-0.15, -0.1) is 23.2 Å². The molecule has 0 spiro atoms. The van der Waals surface area contributed by atoms with Crippen LogP contribution in [0.3, 0.4) is 0 Å². The van der Waals surface area contributed by atoms with Gasteiger partial charge in [-0.25, -0.2) is 0 Å². The number of halogens is 2. The number of hydrogen-bond donors (Lipinski definition) is 0. The normalized spacial score (nSPS) is 13.7. The molecule has 0 aromatic heterocycles. The van der Waals surface area contributed by atoms with E-state index in [0.29, 0.717) is 11.9 Å². The predicted octanol–water partition coefficient (Wildman–Crippen LogP) is 2.13. The van der Waals surface area contributed by atoms with E-state index in [1.54, 1.807) is 28.3 Å². The molecule has 1 unspecified atom stereocenters. The van der Waals surface area contributed by atoms with E-state index in [-0.39, 0.29) is 5.00 Å². The average Bonchev–Trinajstić information content (AvgIpc) is 2.48. The molecule has 0 bridgehead atoms. The molecule has 0 fully saturated rings. The SMILES string of the molecule is CO[Si](CCCl)(OC)OC.CO[Si](OC)(OC)C(C)Cl. The first kappa shape index (κ1) is 23.0. The molecule has 0 aromatic rings. The minimum atomic E-state index is -2.53. The summed E-state index contributed by atoms with van der Waals surface area (Å²) in [5.74, 6) is 0.502. The molecule has 0 aliphatic carbocycles. The van der Waals surface area contributed by atoms with Crippen LogP contribution in [0.15, 0.2) is 0 Å². The van der Waals surface area contributed by atoms with E-state index in [2.05, 4.69) is 0 Å². The molecule has 0 saturated carbocycles. The lowest BCUT2D eigenvalue weighted by molar-refractivity contribution is 0.122.